The van der Waals surface area contributed by atoms with Gasteiger partial charge in [0, 0.05) is 12.4 Å². The molecule has 1 aromatic heterocycles. The van der Waals surface area contributed by atoms with E-state index in [0.29, 0.717) is 28.4 Å². The van der Waals surface area contributed by atoms with Crippen LogP contribution in [0.4, 0.5) is 0 Å². The highest BCUT2D eigenvalue weighted by atomic mass is 16.5. The maximum Gasteiger partial charge on any atom is 0.204 e. The molecule has 0 radical (unpaired) electrons. The van der Waals surface area contributed by atoms with Crippen molar-refractivity contribution in [3.63, 3.8) is 0 Å². The van der Waals surface area contributed by atoms with E-state index in [1.54, 1.807) is 12.1 Å². The van der Waals surface area contributed by atoms with Gasteiger partial charge in [0.2, 0.25) is 5.75 Å². The van der Waals surface area contributed by atoms with Crippen LogP contribution in [0.3, 0.4) is 0 Å². The summed E-state index contributed by atoms with van der Waals surface area (Å²) in [5.74, 6) is 0.937. The second kappa shape index (κ2) is 6.01. The summed E-state index contributed by atoms with van der Waals surface area (Å²) in [6, 6.07) is 3.27. The number of carbonyl (C=O) groups excluding carboxylic acids is 1. The fourth-order valence-electron chi connectivity index (χ4n) is 1.85. The number of rotatable bonds is 5. The molecule has 0 spiro atoms. The van der Waals surface area contributed by atoms with Gasteiger partial charge >= 0.3 is 0 Å². The molecule has 0 bridgehead atoms. The quantitative estimate of drug-likeness (QED) is 0.773. The van der Waals surface area contributed by atoms with E-state index in [-0.39, 0.29) is 5.78 Å². The summed E-state index contributed by atoms with van der Waals surface area (Å²) in [5.41, 5.74) is 0.734. The first-order valence-corrected chi connectivity index (χ1v) is 5.81. The third-order valence-electron chi connectivity index (χ3n) is 2.77. The Morgan fingerprint density at radius 3 is 2.15 bits per heavy atom. The molecule has 2 rings (SSSR count). The van der Waals surface area contributed by atoms with E-state index in [2.05, 4.69) is 9.97 Å². The van der Waals surface area contributed by atoms with Crippen molar-refractivity contribution < 1.29 is 19.0 Å². The predicted molar refractivity (Wildman–Crippen MR) is 71.6 cm³/mol. The van der Waals surface area contributed by atoms with Crippen LogP contribution in [0.5, 0.6) is 17.2 Å². The Hall–Kier alpha value is -2.63. The highest BCUT2D eigenvalue weighted by molar-refractivity contribution is 6.11. The van der Waals surface area contributed by atoms with Gasteiger partial charge in [-0.15, -0.1) is 0 Å². The number of benzene rings is 1. The van der Waals surface area contributed by atoms with Gasteiger partial charge in [0.15, 0.2) is 17.3 Å². The third kappa shape index (κ3) is 2.40. The van der Waals surface area contributed by atoms with Gasteiger partial charge in [-0.05, 0) is 12.1 Å². The Morgan fingerprint density at radius 2 is 1.60 bits per heavy atom. The maximum absolute atomic E-state index is 12.4. The minimum absolute atomic E-state index is 0.247. The maximum atomic E-state index is 12.4. The Balaban J connectivity index is 2.55. The van der Waals surface area contributed by atoms with Crippen LogP contribution in [0, 0.1) is 0 Å². The Morgan fingerprint density at radius 1 is 0.950 bits per heavy atom. The second-order valence-electron chi connectivity index (χ2n) is 3.84. The van der Waals surface area contributed by atoms with Crippen LogP contribution in [-0.2, 0) is 0 Å². The van der Waals surface area contributed by atoms with E-state index in [4.69, 9.17) is 14.2 Å². The number of ether oxygens (including phenoxy) is 3. The Labute approximate surface area is 116 Å². The number of carbonyl (C=O) groups is 1. The highest BCUT2D eigenvalue weighted by Gasteiger charge is 2.21. The zero-order valence-electron chi connectivity index (χ0n) is 11.4. The SMILES string of the molecule is COc1ccc(C(=O)c2cncnc2)c(OC)c1OC. The second-order valence-corrected chi connectivity index (χ2v) is 3.84. The molecule has 0 atom stereocenters. The van der Waals surface area contributed by atoms with Gasteiger partial charge in [-0.1, -0.05) is 0 Å². The van der Waals surface area contributed by atoms with Gasteiger partial charge in [0.05, 0.1) is 32.5 Å². The normalized spacial score (nSPS) is 9.95. The molecule has 0 amide bonds. The fraction of sp³-hybridized carbons (Fsp3) is 0.214. The van der Waals surface area contributed by atoms with E-state index in [0.717, 1.165) is 0 Å². The molecule has 0 N–H and O–H groups in total. The average Bonchev–Trinajstić information content (AvgIpc) is 2.53. The van der Waals surface area contributed by atoms with Crippen molar-refractivity contribution in [2.45, 2.75) is 0 Å². The third-order valence-corrected chi connectivity index (χ3v) is 2.77. The van der Waals surface area contributed by atoms with Gasteiger partial charge < -0.3 is 14.2 Å². The van der Waals surface area contributed by atoms with Crippen molar-refractivity contribution in [1.82, 2.24) is 9.97 Å². The Kier molecular flexibility index (Phi) is 4.14. The number of methoxy groups -OCH3 is 3. The average molecular weight is 274 g/mol. The van der Waals surface area contributed by atoms with E-state index in [9.17, 15) is 4.79 Å². The van der Waals surface area contributed by atoms with E-state index < -0.39 is 0 Å². The molecule has 104 valence electrons. The zero-order valence-corrected chi connectivity index (χ0v) is 11.4. The molecule has 1 heterocycles. The molecule has 0 unspecified atom stereocenters. The molecule has 6 heteroatoms. The van der Waals surface area contributed by atoms with Crippen molar-refractivity contribution in [3.05, 3.63) is 42.0 Å². The topological polar surface area (TPSA) is 70.5 Å². The summed E-state index contributed by atoms with van der Waals surface area (Å²) in [6.45, 7) is 0. The minimum atomic E-state index is -0.247. The molecule has 1 aromatic carbocycles. The Bertz CT molecular complexity index is 614. The molecule has 2 aromatic rings. The van der Waals surface area contributed by atoms with Gasteiger partial charge in [-0.25, -0.2) is 9.97 Å². The summed E-state index contributed by atoms with van der Waals surface area (Å²) in [5, 5.41) is 0. The molecule has 20 heavy (non-hydrogen) atoms. The van der Waals surface area contributed by atoms with Gasteiger partial charge in [-0.2, -0.15) is 0 Å². The fourth-order valence-corrected chi connectivity index (χ4v) is 1.85. The first-order valence-electron chi connectivity index (χ1n) is 5.81. The van der Waals surface area contributed by atoms with E-state index in [1.165, 1.54) is 40.1 Å². The number of nitrogens with zero attached hydrogens (tertiary/aromatic N) is 2. The van der Waals surface area contributed by atoms with Crippen LogP contribution in [0.2, 0.25) is 0 Å². The van der Waals surface area contributed by atoms with Crippen molar-refractivity contribution in [1.29, 1.82) is 0 Å². The van der Waals surface area contributed by atoms with Gasteiger partial charge in [-0.3, -0.25) is 4.79 Å². The minimum Gasteiger partial charge on any atom is -0.493 e. The summed E-state index contributed by atoms with van der Waals surface area (Å²) in [7, 11) is 4.47. The highest BCUT2D eigenvalue weighted by Crippen LogP contribution is 2.40. The number of hydrogen-bond donors (Lipinski definition) is 0. The first kappa shape index (κ1) is 13.8. The molecule has 6 nitrogen and oxygen atoms in total. The predicted octanol–water partition coefficient (Wildman–Crippen LogP) is 1.73. The van der Waals surface area contributed by atoms with Crippen molar-refractivity contribution in [2.75, 3.05) is 21.3 Å². The lowest BCUT2D eigenvalue weighted by atomic mass is 10.0. The first-order chi connectivity index (χ1) is 9.72. The van der Waals surface area contributed by atoms with Crippen LogP contribution in [0.15, 0.2) is 30.9 Å². The van der Waals surface area contributed by atoms with Crippen molar-refractivity contribution in [2.24, 2.45) is 0 Å². The molecule has 0 fully saturated rings. The molecule has 0 aliphatic rings. The molecular formula is C14H14N2O4. The lowest BCUT2D eigenvalue weighted by Crippen LogP contribution is -2.06. The van der Waals surface area contributed by atoms with Crippen molar-refractivity contribution in [3.8, 4) is 17.2 Å². The number of hydrogen-bond acceptors (Lipinski definition) is 6. The van der Waals surface area contributed by atoms with Gasteiger partial charge in [0.1, 0.15) is 6.33 Å². The van der Waals surface area contributed by atoms with Crippen LogP contribution in [0.1, 0.15) is 15.9 Å². The molecule has 0 aliphatic heterocycles. The van der Waals surface area contributed by atoms with Crippen LogP contribution in [0.25, 0.3) is 0 Å². The van der Waals surface area contributed by atoms with Crippen LogP contribution >= 0.6 is 0 Å². The number of aromatic nitrogens is 2. The molecule has 0 aliphatic carbocycles. The lowest BCUT2D eigenvalue weighted by Gasteiger charge is -2.14. The zero-order chi connectivity index (χ0) is 14.5. The van der Waals surface area contributed by atoms with Crippen LogP contribution < -0.4 is 14.2 Å². The summed E-state index contributed by atoms with van der Waals surface area (Å²) >= 11 is 0. The van der Waals surface area contributed by atoms with Crippen molar-refractivity contribution >= 4 is 5.78 Å². The van der Waals surface area contributed by atoms with E-state index >= 15 is 0 Å². The number of ketones is 1. The van der Waals surface area contributed by atoms with Crippen LogP contribution in [-0.4, -0.2) is 37.1 Å². The molecule has 0 saturated carbocycles. The summed E-state index contributed by atoms with van der Waals surface area (Å²) in [4.78, 5) is 20.1. The standard InChI is InChI=1S/C14H14N2O4/c1-18-11-5-4-10(13(19-2)14(11)20-3)12(17)9-6-15-8-16-7-9/h4-8H,1-3H3. The largest absolute Gasteiger partial charge is 0.493 e. The van der Waals surface area contributed by atoms with Gasteiger partial charge in [0.25, 0.3) is 0 Å². The molecular weight excluding hydrogens is 260 g/mol. The van der Waals surface area contributed by atoms with E-state index in [1.807, 2.05) is 0 Å². The summed E-state index contributed by atoms with van der Waals surface area (Å²) in [6.07, 6.45) is 4.26. The monoisotopic (exact) mass is 274 g/mol. The summed E-state index contributed by atoms with van der Waals surface area (Å²) < 4.78 is 15.7. The lowest BCUT2D eigenvalue weighted by molar-refractivity contribution is 0.103. The smallest absolute Gasteiger partial charge is 0.204 e. The molecule has 0 saturated heterocycles.